The first-order valence-electron chi connectivity index (χ1n) is 3.91. The lowest BCUT2D eigenvalue weighted by molar-refractivity contribution is -0.149. The summed E-state index contributed by atoms with van der Waals surface area (Å²) in [4.78, 5) is 24.9. The molecule has 14 heavy (non-hydrogen) atoms. The van der Waals surface area contributed by atoms with Gasteiger partial charge in [-0.3, -0.25) is 4.79 Å². The molecule has 1 heterocycles. The highest BCUT2D eigenvalue weighted by atomic mass is 16.7. The van der Waals surface area contributed by atoms with Crippen LogP contribution in [0, 0.1) is 0 Å². The molecule has 76 valence electrons. The summed E-state index contributed by atoms with van der Waals surface area (Å²) in [6, 6.07) is 0. The number of rotatable bonds is 4. The van der Waals surface area contributed by atoms with E-state index in [4.69, 9.17) is 4.74 Å². The predicted octanol–water partition coefficient (Wildman–Crippen LogP) is 0.0959. The molecule has 0 fully saturated rings. The van der Waals surface area contributed by atoms with Crippen molar-refractivity contribution in [2.75, 3.05) is 0 Å². The SMILES string of the molecule is CC(OC=O)OC(=O)c1cn(C)cn1. The Balaban J connectivity index is 2.54. The van der Waals surface area contributed by atoms with Crippen molar-refractivity contribution in [2.24, 2.45) is 7.05 Å². The Morgan fingerprint density at radius 2 is 2.43 bits per heavy atom. The minimum atomic E-state index is -0.901. The van der Waals surface area contributed by atoms with Crippen LogP contribution in [0.5, 0.6) is 0 Å². The third-order valence-electron chi connectivity index (χ3n) is 1.43. The molecule has 1 atom stereocenters. The van der Waals surface area contributed by atoms with Crippen LogP contribution in [-0.2, 0) is 21.3 Å². The van der Waals surface area contributed by atoms with Gasteiger partial charge in [0.2, 0.25) is 6.29 Å². The van der Waals surface area contributed by atoms with Crippen molar-refractivity contribution < 1.29 is 19.1 Å². The van der Waals surface area contributed by atoms with Crippen LogP contribution < -0.4 is 0 Å². The third-order valence-corrected chi connectivity index (χ3v) is 1.43. The fraction of sp³-hybridized carbons (Fsp3) is 0.375. The first-order valence-corrected chi connectivity index (χ1v) is 3.91. The normalized spacial score (nSPS) is 11.9. The van der Waals surface area contributed by atoms with Gasteiger partial charge in [0, 0.05) is 20.2 Å². The largest absolute Gasteiger partial charge is 0.428 e. The zero-order chi connectivity index (χ0) is 10.6. The molecule has 6 heteroatoms. The van der Waals surface area contributed by atoms with Gasteiger partial charge in [-0.2, -0.15) is 0 Å². The van der Waals surface area contributed by atoms with E-state index in [0.717, 1.165) is 0 Å². The fourth-order valence-corrected chi connectivity index (χ4v) is 0.835. The molecule has 0 bridgehead atoms. The van der Waals surface area contributed by atoms with Crippen molar-refractivity contribution in [1.29, 1.82) is 0 Å². The zero-order valence-corrected chi connectivity index (χ0v) is 7.84. The van der Waals surface area contributed by atoms with Gasteiger partial charge in [-0.05, 0) is 0 Å². The standard InChI is InChI=1S/C8H10N2O4/c1-6(13-5-11)14-8(12)7-3-10(2)4-9-7/h3-6H,1-2H3. The van der Waals surface area contributed by atoms with Gasteiger partial charge in [0.1, 0.15) is 0 Å². The van der Waals surface area contributed by atoms with Gasteiger partial charge in [0.25, 0.3) is 6.47 Å². The van der Waals surface area contributed by atoms with Crippen molar-refractivity contribution >= 4 is 12.4 Å². The second-order valence-electron chi connectivity index (χ2n) is 2.63. The summed E-state index contributed by atoms with van der Waals surface area (Å²) in [5.74, 6) is -0.625. The Morgan fingerprint density at radius 3 is 2.93 bits per heavy atom. The van der Waals surface area contributed by atoms with Crippen LogP contribution in [0.1, 0.15) is 17.4 Å². The molecule has 1 unspecified atom stereocenters. The lowest BCUT2D eigenvalue weighted by Gasteiger charge is -2.08. The van der Waals surface area contributed by atoms with Gasteiger partial charge >= 0.3 is 5.97 Å². The van der Waals surface area contributed by atoms with Crippen molar-refractivity contribution in [3.63, 3.8) is 0 Å². The number of nitrogens with zero attached hydrogens (tertiary/aromatic N) is 2. The molecule has 0 spiro atoms. The zero-order valence-electron chi connectivity index (χ0n) is 7.84. The summed E-state index contributed by atoms with van der Waals surface area (Å²) in [5.41, 5.74) is 0.175. The summed E-state index contributed by atoms with van der Waals surface area (Å²) in [6.45, 7) is 1.66. The Bertz CT molecular complexity index is 334. The monoisotopic (exact) mass is 198 g/mol. The summed E-state index contributed by atoms with van der Waals surface area (Å²) in [7, 11) is 1.73. The molecule has 0 saturated carbocycles. The molecule has 0 aliphatic heterocycles. The molecular weight excluding hydrogens is 188 g/mol. The smallest absolute Gasteiger partial charge is 0.361 e. The average molecular weight is 198 g/mol. The van der Waals surface area contributed by atoms with Crippen LogP contribution in [0.25, 0.3) is 0 Å². The predicted molar refractivity (Wildman–Crippen MR) is 45.2 cm³/mol. The molecule has 0 aromatic carbocycles. The Labute approximate surface area is 80.4 Å². The van der Waals surface area contributed by atoms with Crippen LogP contribution >= 0.6 is 0 Å². The van der Waals surface area contributed by atoms with Crippen molar-refractivity contribution in [3.05, 3.63) is 18.2 Å². The summed E-state index contributed by atoms with van der Waals surface area (Å²) >= 11 is 0. The maximum absolute atomic E-state index is 11.2. The minimum absolute atomic E-state index is 0.175. The Kier molecular flexibility index (Phi) is 3.22. The highest BCUT2D eigenvalue weighted by molar-refractivity contribution is 5.87. The molecule has 1 rings (SSSR count). The number of carbonyl (C=O) groups excluding carboxylic acids is 2. The molecular formula is C8H10N2O4. The molecule has 0 aliphatic carbocycles. The first kappa shape index (κ1) is 10.2. The van der Waals surface area contributed by atoms with Gasteiger partial charge in [-0.25, -0.2) is 9.78 Å². The number of hydrogen-bond acceptors (Lipinski definition) is 5. The van der Waals surface area contributed by atoms with Crippen molar-refractivity contribution in [2.45, 2.75) is 13.2 Å². The van der Waals surface area contributed by atoms with E-state index in [1.807, 2.05) is 0 Å². The van der Waals surface area contributed by atoms with Crippen LogP contribution in [0.15, 0.2) is 12.5 Å². The number of ether oxygens (including phenoxy) is 2. The third kappa shape index (κ3) is 2.58. The molecule has 0 aliphatic rings. The molecule has 1 aromatic heterocycles. The topological polar surface area (TPSA) is 70.4 Å². The number of carbonyl (C=O) groups is 2. The number of aromatic nitrogens is 2. The Morgan fingerprint density at radius 1 is 1.71 bits per heavy atom. The average Bonchev–Trinajstić information content (AvgIpc) is 2.52. The number of imidazole rings is 1. The molecule has 0 amide bonds. The van der Waals surface area contributed by atoms with Gasteiger partial charge < -0.3 is 14.0 Å². The maximum atomic E-state index is 11.2. The molecule has 0 N–H and O–H groups in total. The van der Waals surface area contributed by atoms with Crippen molar-refractivity contribution in [3.8, 4) is 0 Å². The number of esters is 1. The van der Waals surface area contributed by atoms with Gasteiger partial charge in [0.05, 0.1) is 6.33 Å². The molecule has 6 nitrogen and oxygen atoms in total. The Hall–Kier alpha value is -1.85. The van der Waals surface area contributed by atoms with E-state index in [1.165, 1.54) is 19.4 Å². The highest BCUT2D eigenvalue weighted by Crippen LogP contribution is 2.01. The maximum Gasteiger partial charge on any atom is 0.361 e. The van der Waals surface area contributed by atoms with Crippen LogP contribution in [0.2, 0.25) is 0 Å². The molecule has 1 aromatic rings. The van der Waals surface area contributed by atoms with E-state index < -0.39 is 12.3 Å². The lowest BCUT2D eigenvalue weighted by Crippen LogP contribution is -2.17. The van der Waals surface area contributed by atoms with Crippen molar-refractivity contribution in [1.82, 2.24) is 9.55 Å². The summed E-state index contributed by atoms with van der Waals surface area (Å²) < 4.78 is 10.7. The number of aryl methyl sites for hydroxylation is 1. The lowest BCUT2D eigenvalue weighted by atomic mass is 10.5. The minimum Gasteiger partial charge on any atom is -0.428 e. The number of hydrogen-bond donors (Lipinski definition) is 0. The summed E-state index contributed by atoms with van der Waals surface area (Å²) in [5, 5.41) is 0. The van der Waals surface area contributed by atoms with Crippen LogP contribution in [-0.4, -0.2) is 28.3 Å². The van der Waals surface area contributed by atoms with E-state index in [-0.39, 0.29) is 12.2 Å². The second kappa shape index (κ2) is 4.40. The quantitative estimate of drug-likeness (QED) is 0.389. The molecule has 0 saturated heterocycles. The second-order valence-corrected chi connectivity index (χ2v) is 2.63. The first-order chi connectivity index (χ1) is 6.63. The molecule has 0 radical (unpaired) electrons. The van der Waals surface area contributed by atoms with Gasteiger partial charge in [0.15, 0.2) is 5.69 Å². The fourth-order valence-electron chi connectivity index (χ4n) is 0.835. The van der Waals surface area contributed by atoms with E-state index in [9.17, 15) is 9.59 Å². The van der Waals surface area contributed by atoms with E-state index in [1.54, 1.807) is 11.6 Å². The van der Waals surface area contributed by atoms with E-state index in [0.29, 0.717) is 0 Å². The van der Waals surface area contributed by atoms with E-state index in [2.05, 4.69) is 9.72 Å². The van der Waals surface area contributed by atoms with Crippen LogP contribution in [0.4, 0.5) is 0 Å². The van der Waals surface area contributed by atoms with E-state index >= 15 is 0 Å². The van der Waals surface area contributed by atoms with Crippen LogP contribution in [0.3, 0.4) is 0 Å². The highest BCUT2D eigenvalue weighted by Gasteiger charge is 2.14. The van der Waals surface area contributed by atoms with Gasteiger partial charge in [-0.15, -0.1) is 0 Å². The van der Waals surface area contributed by atoms with Gasteiger partial charge in [-0.1, -0.05) is 0 Å². The summed E-state index contributed by atoms with van der Waals surface area (Å²) in [6.07, 6.45) is 2.08.